The molecule has 0 unspecified atom stereocenters. The highest BCUT2D eigenvalue weighted by Gasteiger charge is 2.27. The summed E-state index contributed by atoms with van der Waals surface area (Å²) in [5.41, 5.74) is 6.35. The molecule has 4 nitrogen and oxygen atoms in total. The van der Waals surface area contributed by atoms with Gasteiger partial charge in [0.2, 0.25) is 10.0 Å². The fraction of sp³-hybridized carbons (Fsp3) is 0.455. The molecule has 0 spiro atoms. The van der Waals surface area contributed by atoms with Crippen molar-refractivity contribution in [3.8, 4) is 0 Å². The van der Waals surface area contributed by atoms with Crippen molar-refractivity contribution in [2.45, 2.75) is 25.3 Å². The SMILES string of the molecule is C=CCN(CC)S(=O)(=O)c1c(C)csc1CN. The minimum absolute atomic E-state index is 0.249. The van der Waals surface area contributed by atoms with Gasteiger partial charge in [0.25, 0.3) is 0 Å². The number of rotatable bonds is 6. The van der Waals surface area contributed by atoms with Crippen LogP contribution in [0.4, 0.5) is 0 Å². The molecule has 0 aliphatic heterocycles. The first-order chi connectivity index (χ1) is 7.98. The van der Waals surface area contributed by atoms with E-state index in [1.165, 1.54) is 15.6 Å². The normalized spacial score (nSPS) is 12.0. The van der Waals surface area contributed by atoms with Crippen molar-refractivity contribution in [2.75, 3.05) is 13.1 Å². The van der Waals surface area contributed by atoms with Crippen LogP contribution in [0.1, 0.15) is 17.4 Å². The van der Waals surface area contributed by atoms with Crippen LogP contribution >= 0.6 is 11.3 Å². The van der Waals surface area contributed by atoms with Gasteiger partial charge in [-0.25, -0.2) is 8.42 Å². The highest BCUT2D eigenvalue weighted by atomic mass is 32.2. The van der Waals surface area contributed by atoms with Gasteiger partial charge in [-0.3, -0.25) is 0 Å². The number of thiophene rings is 1. The molecule has 0 amide bonds. The second kappa shape index (κ2) is 5.77. The maximum Gasteiger partial charge on any atom is 0.244 e. The molecule has 0 fully saturated rings. The summed E-state index contributed by atoms with van der Waals surface area (Å²) in [6.07, 6.45) is 1.59. The molecule has 6 heteroatoms. The lowest BCUT2D eigenvalue weighted by Gasteiger charge is -2.19. The quantitative estimate of drug-likeness (QED) is 0.803. The van der Waals surface area contributed by atoms with E-state index in [1.54, 1.807) is 13.0 Å². The third-order valence-electron chi connectivity index (χ3n) is 2.46. The molecule has 1 aromatic heterocycles. The van der Waals surface area contributed by atoms with Crippen LogP contribution < -0.4 is 5.73 Å². The van der Waals surface area contributed by atoms with E-state index in [2.05, 4.69) is 6.58 Å². The van der Waals surface area contributed by atoms with Crippen LogP contribution in [0.3, 0.4) is 0 Å². The van der Waals surface area contributed by atoms with Crippen molar-refractivity contribution in [3.63, 3.8) is 0 Å². The van der Waals surface area contributed by atoms with Gasteiger partial charge < -0.3 is 5.73 Å². The second-order valence-electron chi connectivity index (χ2n) is 3.62. The first-order valence-electron chi connectivity index (χ1n) is 5.37. The van der Waals surface area contributed by atoms with E-state index in [0.29, 0.717) is 22.9 Å². The molecule has 0 atom stereocenters. The predicted molar refractivity (Wildman–Crippen MR) is 71.6 cm³/mol. The molecule has 1 aromatic rings. The number of sulfonamides is 1. The Morgan fingerprint density at radius 2 is 2.24 bits per heavy atom. The molecule has 17 heavy (non-hydrogen) atoms. The van der Waals surface area contributed by atoms with Gasteiger partial charge >= 0.3 is 0 Å². The summed E-state index contributed by atoms with van der Waals surface area (Å²) >= 11 is 1.39. The van der Waals surface area contributed by atoms with Crippen LogP contribution in [0.2, 0.25) is 0 Å². The molecule has 0 radical (unpaired) electrons. The van der Waals surface area contributed by atoms with Gasteiger partial charge in [-0.2, -0.15) is 4.31 Å². The van der Waals surface area contributed by atoms with Crippen molar-refractivity contribution in [3.05, 3.63) is 28.5 Å². The third-order valence-corrected chi connectivity index (χ3v) is 5.89. The summed E-state index contributed by atoms with van der Waals surface area (Å²) in [5.74, 6) is 0. The summed E-state index contributed by atoms with van der Waals surface area (Å²) in [5, 5.41) is 1.83. The average Bonchev–Trinajstić information content (AvgIpc) is 2.67. The molecule has 96 valence electrons. The standard InChI is InChI=1S/C11H18N2O2S2/c1-4-6-13(5-2)17(14,15)11-9(3)8-16-10(11)7-12/h4,8H,1,5-7,12H2,2-3H3. The number of nitrogens with zero attached hydrogens (tertiary/aromatic N) is 1. The van der Waals surface area contributed by atoms with Gasteiger partial charge in [-0.05, 0) is 17.9 Å². The monoisotopic (exact) mass is 274 g/mol. The lowest BCUT2D eigenvalue weighted by molar-refractivity contribution is 0.459. The number of aryl methyl sites for hydroxylation is 1. The summed E-state index contributed by atoms with van der Waals surface area (Å²) in [7, 11) is -3.45. The van der Waals surface area contributed by atoms with Crippen LogP contribution in [0.15, 0.2) is 22.9 Å². The lowest BCUT2D eigenvalue weighted by Crippen LogP contribution is -2.31. The highest BCUT2D eigenvalue weighted by molar-refractivity contribution is 7.89. The first kappa shape index (κ1) is 14.4. The van der Waals surface area contributed by atoms with Crippen molar-refractivity contribution in [1.29, 1.82) is 0 Å². The second-order valence-corrected chi connectivity index (χ2v) is 6.46. The summed E-state index contributed by atoms with van der Waals surface area (Å²) in [6.45, 7) is 8.18. The van der Waals surface area contributed by atoms with E-state index in [0.717, 1.165) is 5.56 Å². The van der Waals surface area contributed by atoms with Gasteiger partial charge in [-0.15, -0.1) is 17.9 Å². The molecular weight excluding hydrogens is 256 g/mol. The molecule has 2 N–H and O–H groups in total. The number of hydrogen-bond acceptors (Lipinski definition) is 4. The van der Waals surface area contributed by atoms with Gasteiger partial charge in [0.1, 0.15) is 4.90 Å². The van der Waals surface area contributed by atoms with Crippen LogP contribution in [0.5, 0.6) is 0 Å². The Bertz CT molecular complexity index is 492. The van der Waals surface area contributed by atoms with Gasteiger partial charge in [0.05, 0.1) is 0 Å². The Balaban J connectivity index is 3.28. The molecule has 0 aliphatic rings. The van der Waals surface area contributed by atoms with E-state index >= 15 is 0 Å². The molecule has 1 heterocycles. The van der Waals surface area contributed by atoms with E-state index in [-0.39, 0.29) is 6.54 Å². The predicted octanol–water partition coefficient (Wildman–Crippen LogP) is 1.71. The van der Waals surface area contributed by atoms with Crippen LogP contribution in [0, 0.1) is 6.92 Å². The van der Waals surface area contributed by atoms with E-state index in [9.17, 15) is 8.42 Å². The van der Waals surface area contributed by atoms with E-state index in [4.69, 9.17) is 5.73 Å². The fourth-order valence-electron chi connectivity index (χ4n) is 1.64. The largest absolute Gasteiger partial charge is 0.326 e. The van der Waals surface area contributed by atoms with Crippen molar-refractivity contribution in [2.24, 2.45) is 5.73 Å². The maximum atomic E-state index is 12.4. The fourth-order valence-corrected chi connectivity index (χ4v) is 4.72. The highest BCUT2D eigenvalue weighted by Crippen LogP contribution is 2.29. The van der Waals surface area contributed by atoms with E-state index in [1.807, 2.05) is 12.3 Å². The van der Waals surface area contributed by atoms with Crippen molar-refractivity contribution < 1.29 is 8.42 Å². The Kier molecular flexibility index (Phi) is 4.88. The molecule has 0 aromatic carbocycles. The Hall–Kier alpha value is -0.690. The van der Waals surface area contributed by atoms with Crippen LogP contribution in [0.25, 0.3) is 0 Å². The number of hydrogen-bond donors (Lipinski definition) is 1. The van der Waals surface area contributed by atoms with Crippen molar-refractivity contribution >= 4 is 21.4 Å². The minimum Gasteiger partial charge on any atom is -0.326 e. The molecular formula is C11H18N2O2S2. The zero-order valence-electron chi connectivity index (χ0n) is 10.1. The Morgan fingerprint density at radius 1 is 1.59 bits per heavy atom. The lowest BCUT2D eigenvalue weighted by atomic mass is 10.3. The van der Waals surface area contributed by atoms with Crippen LogP contribution in [-0.2, 0) is 16.6 Å². The summed E-state index contributed by atoms with van der Waals surface area (Å²) in [6, 6.07) is 0. The van der Waals surface area contributed by atoms with Gasteiger partial charge in [0.15, 0.2) is 0 Å². The first-order valence-corrected chi connectivity index (χ1v) is 7.69. The van der Waals surface area contributed by atoms with Crippen LogP contribution in [-0.4, -0.2) is 25.8 Å². The number of nitrogens with two attached hydrogens (primary N) is 1. The Morgan fingerprint density at radius 3 is 2.71 bits per heavy atom. The smallest absolute Gasteiger partial charge is 0.244 e. The molecule has 0 saturated heterocycles. The Labute approximate surface area is 107 Å². The summed E-state index contributed by atoms with van der Waals surface area (Å²) < 4.78 is 26.3. The zero-order valence-corrected chi connectivity index (χ0v) is 11.8. The molecule has 0 bridgehead atoms. The number of likely N-dealkylation sites (N-methyl/N-ethyl adjacent to an activating group) is 1. The molecule has 0 aliphatic carbocycles. The maximum absolute atomic E-state index is 12.4. The van der Waals surface area contributed by atoms with Gasteiger partial charge in [-0.1, -0.05) is 13.0 Å². The minimum atomic E-state index is -3.45. The van der Waals surface area contributed by atoms with Gasteiger partial charge in [0, 0.05) is 24.5 Å². The van der Waals surface area contributed by atoms with Crippen molar-refractivity contribution in [1.82, 2.24) is 4.31 Å². The third kappa shape index (κ3) is 2.77. The summed E-state index contributed by atoms with van der Waals surface area (Å²) in [4.78, 5) is 1.08. The van der Waals surface area contributed by atoms with E-state index < -0.39 is 10.0 Å². The topological polar surface area (TPSA) is 63.4 Å². The molecule has 1 rings (SSSR count). The average molecular weight is 274 g/mol. The zero-order chi connectivity index (χ0) is 13.1. The molecule has 0 saturated carbocycles.